The number of benzene rings is 1. The first kappa shape index (κ1) is 13.6. The SMILES string of the molecule is BrCCN(Cc1ccc(Br)cc1)C1CCCC1. The molecule has 0 N–H and O–H groups in total. The summed E-state index contributed by atoms with van der Waals surface area (Å²) in [6.07, 6.45) is 5.57. The Morgan fingerprint density at radius 1 is 1.12 bits per heavy atom. The summed E-state index contributed by atoms with van der Waals surface area (Å²) in [5.74, 6) is 0. The zero-order valence-electron chi connectivity index (χ0n) is 10.0. The summed E-state index contributed by atoms with van der Waals surface area (Å²) in [4.78, 5) is 2.63. The molecule has 0 amide bonds. The van der Waals surface area contributed by atoms with Gasteiger partial charge in [0.25, 0.3) is 0 Å². The molecule has 1 nitrogen and oxygen atoms in total. The number of nitrogens with zero attached hydrogens (tertiary/aromatic N) is 1. The number of halogens is 2. The molecule has 0 bridgehead atoms. The highest BCUT2D eigenvalue weighted by Gasteiger charge is 2.21. The minimum atomic E-state index is 0.802. The van der Waals surface area contributed by atoms with E-state index in [0.29, 0.717) is 0 Å². The van der Waals surface area contributed by atoms with E-state index >= 15 is 0 Å². The van der Waals surface area contributed by atoms with Crippen molar-refractivity contribution >= 4 is 31.9 Å². The molecule has 0 atom stereocenters. The summed E-state index contributed by atoms with van der Waals surface area (Å²) in [6.45, 7) is 2.24. The van der Waals surface area contributed by atoms with Crippen molar-refractivity contribution in [3.8, 4) is 0 Å². The van der Waals surface area contributed by atoms with Crippen LogP contribution in [-0.2, 0) is 6.54 Å². The highest BCUT2D eigenvalue weighted by Crippen LogP contribution is 2.25. The van der Waals surface area contributed by atoms with E-state index < -0.39 is 0 Å². The highest BCUT2D eigenvalue weighted by atomic mass is 79.9. The fraction of sp³-hybridized carbons (Fsp3) is 0.571. The maximum Gasteiger partial charge on any atom is 0.0237 e. The second kappa shape index (κ2) is 6.91. The Bertz CT molecular complexity index is 331. The van der Waals surface area contributed by atoms with Gasteiger partial charge in [0.15, 0.2) is 0 Å². The topological polar surface area (TPSA) is 3.24 Å². The van der Waals surface area contributed by atoms with Crippen LogP contribution in [0.5, 0.6) is 0 Å². The summed E-state index contributed by atoms with van der Waals surface area (Å²) in [5, 5.41) is 1.07. The Morgan fingerprint density at radius 3 is 2.35 bits per heavy atom. The predicted octanol–water partition coefficient (Wildman–Crippen LogP) is 4.59. The molecule has 1 aromatic carbocycles. The molecule has 1 aliphatic carbocycles. The average Bonchev–Trinajstić information content (AvgIpc) is 2.85. The monoisotopic (exact) mass is 359 g/mol. The van der Waals surface area contributed by atoms with Gasteiger partial charge in [-0.05, 0) is 30.5 Å². The Hall–Kier alpha value is 0.140. The molecule has 0 heterocycles. The van der Waals surface area contributed by atoms with Crippen LogP contribution in [0.4, 0.5) is 0 Å². The van der Waals surface area contributed by atoms with Crippen molar-refractivity contribution in [1.82, 2.24) is 4.90 Å². The highest BCUT2D eigenvalue weighted by molar-refractivity contribution is 9.10. The van der Waals surface area contributed by atoms with Crippen LogP contribution in [0.25, 0.3) is 0 Å². The molecule has 94 valence electrons. The number of rotatable bonds is 5. The molecule has 0 saturated heterocycles. The molecule has 1 aromatic rings. The molecule has 0 unspecified atom stereocenters. The molecule has 2 rings (SSSR count). The molecular formula is C14H19Br2N. The summed E-state index contributed by atoms with van der Waals surface area (Å²) in [7, 11) is 0. The molecule has 1 fully saturated rings. The summed E-state index contributed by atoms with van der Waals surface area (Å²) < 4.78 is 1.16. The van der Waals surface area contributed by atoms with E-state index in [1.807, 2.05) is 0 Å². The van der Waals surface area contributed by atoms with Gasteiger partial charge >= 0.3 is 0 Å². The van der Waals surface area contributed by atoms with Crippen molar-refractivity contribution < 1.29 is 0 Å². The number of alkyl halides is 1. The van der Waals surface area contributed by atoms with Gasteiger partial charge < -0.3 is 0 Å². The van der Waals surface area contributed by atoms with Crippen LogP contribution >= 0.6 is 31.9 Å². The van der Waals surface area contributed by atoms with E-state index in [1.54, 1.807) is 0 Å². The predicted molar refractivity (Wildman–Crippen MR) is 80.6 cm³/mol. The lowest BCUT2D eigenvalue weighted by molar-refractivity contribution is 0.202. The molecule has 0 aromatic heterocycles. The van der Waals surface area contributed by atoms with Gasteiger partial charge in [0.1, 0.15) is 0 Å². The molecule has 1 aliphatic rings. The fourth-order valence-electron chi connectivity index (χ4n) is 2.59. The Labute approximate surface area is 121 Å². The Balaban J connectivity index is 1.98. The van der Waals surface area contributed by atoms with Gasteiger partial charge in [-0.3, -0.25) is 4.90 Å². The molecule has 0 aliphatic heterocycles. The van der Waals surface area contributed by atoms with Crippen molar-refractivity contribution in [1.29, 1.82) is 0 Å². The third-order valence-corrected chi connectivity index (χ3v) is 4.40. The van der Waals surface area contributed by atoms with Crippen LogP contribution in [-0.4, -0.2) is 22.8 Å². The molecule has 1 saturated carbocycles. The minimum absolute atomic E-state index is 0.802. The van der Waals surface area contributed by atoms with Gasteiger partial charge in [-0.1, -0.05) is 56.8 Å². The van der Waals surface area contributed by atoms with E-state index in [2.05, 4.69) is 61.0 Å². The second-order valence-corrected chi connectivity index (χ2v) is 6.43. The number of hydrogen-bond donors (Lipinski definition) is 0. The third-order valence-electron chi connectivity index (χ3n) is 3.51. The maximum atomic E-state index is 3.57. The van der Waals surface area contributed by atoms with Gasteiger partial charge in [-0.15, -0.1) is 0 Å². The van der Waals surface area contributed by atoms with Crippen LogP contribution < -0.4 is 0 Å². The van der Waals surface area contributed by atoms with Crippen molar-refractivity contribution in [2.75, 3.05) is 11.9 Å². The van der Waals surface area contributed by atoms with E-state index in [-0.39, 0.29) is 0 Å². The lowest BCUT2D eigenvalue weighted by Gasteiger charge is -2.28. The maximum absolute atomic E-state index is 3.57. The van der Waals surface area contributed by atoms with Crippen molar-refractivity contribution in [3.63, 3.8) is 0 Å². The van der Waals surface area contributed by atoms with Crippen LogP contribution in [0.1, 0.15) is 31.2 Å². The standard InChI is InChI=1S/C14H19Br2N/c15-9-10-17(14-3-1-2-4-14)11-12-5-7-13(16)8-6-12/h5-8,14H,1-4,9-11H2. The van der Waals surface area contributed by atoms with E-state index in [4.69, 9.17) is 0 Å². The normalized spacial score (nSPS) is 16.9. The first-order chi connectivity index (χ1) is 8.29. The molecular weight excluding hydrogens is 342 g/mol. The minimum Gasteiger partial charge on any atom is -0.295 e. The van der Waals surface area contributed by atoms with Gasteiger partial charge in [-0.25, -0.2) is 0 Å². The second-order valence-electron chi connectivity index (χ2n) is 4.72. The molecule has 3 heteroatoms. The Kier molecular flexibility index (Phi) is 5.51. The lowest BCUT2D eigenvalue weighted by Crippen LogP contribution is -2.34. The fourth-order valence-corrected chi connectivity index (χ4v) is 3.31. The molecule has 0 spiro atoms. The van der Waals surface area contributed by atoms with Crippen molar-refractivity contribution in [2.24, 2.45) is 0 Å². The van der Waals surface area contributed by atoms with Gasteiger partial charge in [0, 0.05) is 28.9 Å². The largest absolute Gasteiger partial charge is 0.295 e. The van der Waals surface area contributed by atoms with Crippen LogP contribution in [0.3, 0.4) is 0 Å². The molecule has 17 heavy (non-hydrogen) atoms. The zero-order chi connectivity index (χ0) is 12.1. The Morgan fingerprint density at radius 2 is 1.76 bits per heavy atom. The average molecular weight is 361 g/mol. The van der Waals surface area contributed by atoms with E-state index in [0.717, 1.165) is 28.9 Å². The van der Waals surface area contributed by atoms with Crippen molar-refractivity contribution in [3.05, 3.63) is 34.3 Å². The first-order valence-electron chi connectivity index (χ1n) is 6.34. The lowest BCUT2D eigenvalue weighted by atomic mass is 10.1. The van der Waals surface area contributed by atoms with E-state index in [1.165, 1.54) is 31.2 Å². The van der Waals surface area contributed by atoms with Crippen LogP contribution in [0.2, 0.25) is 0 Å². The summed E-state index contributed by atoms with van der Waals surface area (Å²) in [6, 6.07) is 9.52. The van der Waals surface area contributed by atoms with Gasteiger partial charge in [0.05, 0.1) is 0 Å². The van der Waals surface area contributed by atoms with Crippen molar-refractivity contribution in [2.45, 2.75) is 38.3 Å². The van der Waals surface area contributed by atoms with Crippen LogP contribution in [0, 0.1) is 0 Å². The summed E-state index contributed by atoms with van der Waals surface area (Å²) >= 11 is 7.06. The van der Waals surface area contributed by atoms with E-state index in [9.17, 15) is 0 Å². The summed E-state index contributed by atoms with van der Waals surface area (Å²) in [5.41, 5.74) is 1.42. The first-order valence-corrected chi connectivity index (χ1v) is 8.25. The smallest absolute Gasteiger partial charge is 0.0237 e. The zero-order valence-corrected chi connectivity index (χ0v) is 13.2. The molecule has 0 radical (unpaired) electrons. The number of hydrogen-bond acceptors (Lipinski definition) is 1. The quantitative estimate of drug-likeness (QED) is 0.694. The van der Waals surface area contributed by atoms with Gasteiger partial charge in [-0.2, -0.15) is 0 Å². The van der Waals surface area contributed by atoms with Gasteiger partial charge in [0.2, 0.25) is 0 Å². The third kappa shape index (κ3) is 4.08. The van der Waals surface area contributed by atoms with Crippen LogP contribution in [0.15, 0.2) is 28.7 Å².